The largest absolute Gasteiger partial charge is 0.379 e. The molecule has 1 aliphatic rings. The fourth-order valence-corrected chi connectivity index (χ4v) is 3.25. The van der Waals surface area contributed by atoms with E-state index in [4.69, 9.17) is 4.74 Å². The summed E-state index contributed by atoms with van der Waals surface area (Å²) in [5.41, 5.74) is 0.851. The van der Waals surface area contributed by atoms with E-state index in [1.54, 1.807) is 16.7 Å². The zero-order valence-electron chi connectivity index (χ0n) is 15.8. The quantitative estimate of drug-likeness (QED) is 0.760. The summed E-state index contributed by atoms with van der Waals surface area (Å²) >= 11 is 0. The smallest absolute Gasteiger partial charge is 0.337 e. The molecule has 1 atom stereocenters. The minimum absolute atomic E-state index is 0.0585. The molecule has 8 heteroatoms. The molecule has 1 fully saturated rings. The number of morpholine rings is 1. The number of para-hydroxylation sites is 2. The topological polar surface area (TPSA) is 85.6 Å². The number of carbonyl (C=O) groups excluding carboxylic acids is 2. The van der Waals surface area contributed by atoms with E-state index in [1.165, 1.54) is 0 Å². The van der Waals surface area contributed by atoms with E-state index < -0.39 is 17.8 Å². The van der Waals surface area contributed by atoms with Crippen LogP contribution >= 0.6 is 0 Å². The Kier molecular flexibility index (Phi) is 6.08. The molecular weight excluding hydrogens is 348 g/mol. The lowest BCUT2D eigenvalue weighted by atomic mass is 10.1. The summed E-state index contributed by atoms with van der Waals surface area (Å²) in [5, 5.41) is 2.65. The monoisotopic (exact) mass is 374 g/mol. The van der Waals surface area contributed by atoms with Crippen molar-refractivity contribution < 1.29 is 14.3 Å². The van der Waals surface area contributed by atoms with Crippen LogP contribution in [0, 0.1) is 5.92 Å². The molecule has 0 bridgehead atoms. The lowest BCUT2D eigenvalue weighted by Crippen LogP contribution is -2.45. The highest BCUT2D eigenvalue weighted by molar-refractivity contribution is 5.90. The minimum atomic E-state index is -0.639. The van der Waals surface area contributed by atoms with Crippen molar-refractivity contribution in [3.8, 4) is 0 Å². The predicted molar refractivity (Wildman–Crippen MR) is 102 cm³/mol. The molecule has 0 saturated carbocycles. The molecule has 3 rings (SSSR count). The van der Waals surface area contributed by atoms with Crippen molar-refractivity contribution in [3.05, 3.63) is 34.7 Å². The average molecular weight is 374 g/mol. The number of imidazole rings is 1. The van der Waals surface area contributed by atoms with Crippen molar-refractivity contribution >= 4 is 23.4 Å². The molecule has 1 aliphatic heterocycles. The van der Waals surface area contributed by atoms with Crippen molar-refractivity contribution in [3.63, 3.8) is 0 Å². The number of hydrogen-bond acceptors (Lipinski definition) is 5. The summed E-state index contributed by atoms with van der Waals surface area (Å²) in [4.78, 5) is 39.2. The van der Waals surface area contributed by atoms with Gasteiger partial charge in [0.1, 0.15) is 6.29 Å². The van der Waals surface area contributed by atoms with E-state index in [0.717, 1.165) is 17.7 Å². The predicted octanol–water partition coefficient (Wildman–Crippen LogP) is 0.916. The number of fused-ring (bicyclic) bond motifs is 1. The first-order valence-electron chi connectivity index (χ1n) is 9.29. The van der Waals surface area contributed by atoms with Crippen LogP contribution in [0.15, 0.2) is 29.1 Å². The van der Waals surface area contributed by atoms with Crippen LogP contribution in [0.1, 0.15) is 13.8 Å². The van der Waals surface area contributed by atoms with Crippen molar-refractivity contribution in [2.45, 2.75) is 26.4 Å². The van der Waals surface area contributed by atoms with Gasteiger partial charge < -0.3 is 14.8 Å². The molecule has 8 nitrogen and oxygen atoms in total. The van der Waals surface area contributed by atoms with E-state index in [2.05, 4.69) is 10.2 Å². The molecule has 0 unspecified atom stereocenters. The standard InChI is InChI=1S/C19H26N4O4/c1-14(2)15(13-24)20-18(25)23-17-6-4-3-5-16(17)22(19(23)26)8-7-21-9-11-27-12-10-21/h3-6,13-15H,7-12H2,1-2H3,(H,20,25)/t15-/m1/s1. The molecule has 0 radical (unpaired) electrons. The minimum Gasteiger partial charge on any atom is -0.379 e. The summed E-state index contributed by atoms with van der Waals surface area (Å²) < 4.78 is 8.09. The maximum atomic E-state index is 13.0. The Morgan fingerprint density at radius 1 is 1.19 bits per heavy atom. The van der Waals surface area contributed by atoms with Gasteiger partial charge in [-0.3, -0.25) is 9.47 Å². The number of carbonyl (C=O) groups is 2. The molecule has 0 spiro atoms. The van der Waals surface area contributed by atoms with Gasteiger partial charge in [0.2, 0.25) is 0 Å². The first kappa shape index (κ1) is 19.3. The second-order valence-corrected chi connectivity index (χ2v) is 7.07. The summed E-state index contributed by atoms with van der Waals surface area (Å²) in [6.07, 6.45) is 0.700. The molecule has 27 heavy (non-hydrogen) atoms. The van der Waals surface area contributed by atoms with Gasteiger partial charge in [0, 0.05) is 26.2 Å². The third-order valence-electron chi connectivity index (χ3n) is 4.94. The second kappa shape index (κ2) is 8.49. The van der Waals surface area contributed by atoms with Crippen molar-refractivity contribution in [2.24, 2.45) is 5.92 Å². The first-order chi connectivity index (χ1) is 13.0. The van der Waals surface area contributed by atoms with Gasteiger partial charge in [0.25, 0.3) is 0 Å². The molecule has 1 aromatic carbocycles. The number of aldehydes is 1. The first-order valence-corrected chi connectivity index (χ1v) is 9.29. The molecule has 1 saturated heterocycles. The van der Waals surface area contributed by atoms with Crippen molar-refractivity contribution in [2.75, 3.05) is 32.8 Å². The molecule has 1 N–H and O–H groups in total. The van der Waals surface area contributed by atoms with Crippen molar-refractivity contribution in [1.29, 1.82) is 0 Å². The van der Waals surface area contributed by atoms with E-state index in [9.17, 15) is 14.4 Å². The molecular formula is C19H26N4O4. The highest BCUT2D eigenvalue weighted by Crippen LogP contribution is 2.13. The number of nitrogens with zero attached hydrogens (tertiary/aromatic N) is 3. The summed E-state index contributed by atoms with van der Waals surface area (Å²) in [7, 11) is 0. The summed E-state index contributed by atoms with van der Waals surface area (Å²) in [6.45, 7) is 7.94. The molecule has 1 amide bonds. The third-order valence-corrected chi connectivity index (χ3v) is 4.94. The van der Waals surface area contributed by atoms with E-state index in [1.807, 2.05) is 26.0 Å². The molecule has 2 heterocycles. The summed E-state index contributed by atoms with van der Waals surface area (Å²) in [6, 6.07) is 5.99. The Balaban J connectivity index is 1.89. The number of amides is 1. The number of rotatable bonds is 6. The Labute approximate surface area is 157 Å². The average Bonchev–Trinajstić information content (AvgIpc) is 2.96. The van der Waals surface area contributed by atoms with Crippen LogP contribution in [-0.2, 0) is 16.1 Å². The highest BCUT2D eigenvalue weighted by Gasteiger charge is 2.22. The van der Waals surface area contributed by atoms with Gasteiger partial charge >= 0.3 is 11.7 Å². The number of nitrogens with one attached hydrogen (secondary N) is 1. The normalized spacial score (nSPS) is 16.6. The number of benzene rings is 1. The van der Waals surface area contributed by atoms with Crippen LogP contribution in [0.25, 0.3) is 11.0 Å². The van der Waals surface area contributed by atoms with Crippen LogP contribution in [0.2, 0.25) is 0 Å². The van der Waals surface area contributed by atoms with Crippen molar-refractivity contribution in [1.82, 2.24) is 19.4 Å². The number of aromatic nitrogens is 2. The van der Waals surface area contributed by atoms with Gasteiger partial charge in [-0.05, 0) is 18.1 Å². The number of hydrogen-bond donors (Lipinski definition) is 1. The Morgan fingerprint density at radius 2 is 1.85 bits per heavy atom. The van der Waals surface area contributed by atoms with Gasteiger partial charge in [0.05, 0.1) is 30.3 Å². The molecule has 1 aromatic heterocycles. The lowest BCUT2D eigenvalue weighted by Gasteiger charge is -2.26. The molecule has 2 aromatic rings. The van der Waals surface area contributed by atoms with Gasteiger partial charge in [-0.25, -0.2) is 14.2 Å². The third kappa shape index (κ3) is 4.12. The SMILES string of the molecule is CC(C)[C@@H](C=O)NC(=O)n1c(=O)n(CCN2CCOCC2)c2ccccc21. The van der Waals surface area contributed by atoms with Gasteiger partial charge in [0.15, 0.2) is 0 Å². The molecule has 0 aliphatic carbocycles. The lowest BCUT2D eigenvalue weighted by molar-refractivity contribution is -0.110. The maximum absolute atomic E-state index is 13.0. The maximum Gasteiger partial charge on any atom is 0.337 e. The van der Waals surface area contributed by atoms with Gasteiger partial charge in [-0.1, -0.05) is 26.0 Å². The Hall–Kier alpha value is -2.45. The van der Waals surface area contributed by atoms with Gasteiger partial charge in [-0.15, -0.1) is 0 Å². The Bertz CT molecular complexity index is 864. The van der Waals surface area contributed by atoms with Gasteiger partial charge in [-0.2, -0.15) is 0 Å². The van der Waals surface area contributed by atoms with Crippen LogP contribution in [0.4, 0.5) is 4.79 Å². The summed E-state index contributed by atoms with van der Waals surface area (Å²) in [5.74, 6) is -0.0585. The fourth-order valence-electron chi connectivity index (χ4n) is 3.25. The molecule has 146 valence electrons. The van der Waals surface area contributed by atoms with Crippen LogP contribution < -0.4 is 11.0 Å². The van der Waals surface area contributed by atoms with Crippen LogP contribution in [0.3, 0.4) is 0 Å². The fraction of sp³-hybridized carbons (Fsp3) is 0.526. The van der Waals surface area contributed by atoms with Crippen LogP contribution in [0.5, 0.6) is 0 Å². The second-order valence-electron chi connectivity index (χ2n) is 7.07. The zero-order valence-corrected chi connectivity index (χ0v) is 15.8. The zero-order chi connectivity index (χ0) is 19.4. The Morgan fingerprint density at radius 3 is 2.48 bits per heavy atom. The highest BCUT2D eigenvalue weighted by atomic mass is 16.5. The van der Waals surface area contributed by atoms with E-state index >= 15 is 0 Å². The van der Waals surface area contributed by atoms with E-state index in [0.29, 0.717) is 43.6 Å². The van der Waals surface area contributed by atoms with Crippen LogP contribution in [-0.4, -0.2) is 65.2 Å². The number of ether oxygens (including phenoxy) is 1. The van der Waals surface area contributed by atoms with E-state index in [-0.39, 0.29) is 5.92 Å².